The van der Waals surface area contributed by atoms with Crippen LogP contribution in [0.25, 0.3) is 6.08 Å². The first kappa shape index (κ1) is 15.7. The minimum absolute atomic E-state index is 0.0108. The van der Waals surface area contributed by atoms with Crippen molar-refractivity contribution in [3.05, 3.63) is 63.9 Å². The Labute approximate surface area is 132 Å². The largest absolute Gasteiger partial charge is 0.508 e. The van der Waals surface area contributed by atoms with Gasteiger partial charge in [-0.1, -0.05) is 47.5 Å². The lowest BCUT2D eigenvalue weighted by atomic mass is 10.2. The van der Waals surface area contributed by atoms with Gasteiger partial charge in [-0.3, -0.25) is 0 Å². The van der Waals surface area contributed by atoms with Gasteiger partial charge in [-0.15, -0.1) is 0 Å². The zero-order valence-electron chi connectivity index (χ0n) is 11.0. The number of hydrogen-bond donors (Lipinski definition) is 1. The first-order valence-electron chi connectivity index (χ1n) is 6.29. The molecule has 0 atom stereocenters. The fraction of sp³-hybridized carbons (Fsp3) is 0.125. The van der Waals surface area contributed by atoms with Crippen LogP contribution in [0.5, 0.6) is 11.5 Å². The van der Waals surface area contributed by atoms with Crippen molar-refractivity contribution in [3.8, 4) is 11.5 Å². The molecule has 2 aromatic carbocycles. The third kappa shape index (κ3) is 4.66. The van der Waals surface area contributed by atoms with Crippen molar-refractivity contribution in [1.82, 2.24) is 0 Å². The Kier molecular flexibility index (Phi) is 5.48. The standard InChI is InChI=1S/C16H13Cl2FO2/c17-14-9-13(20)10-15(18)16(14)21-7-2-1-4-11-5-3-6-12(19)8-11/h1,3-6,8-10,20H,2,7H2. The smallest absolute Gasteiger partial charge is 0.156 e. The van der Waals surface area contributed by atoms with Crippen LogP contribution in [0, 0.1) is 5.82 Å². The Morgan fingerprint density at radius 2 is 1.86 bits per heavy atom. The lowest BCUT2D eigenvalue weighted by Crippen LogP contribution is -1.97. The maximum absolute atomic E-state index is 13.0. The molecule has 2 nitrogen and oxygen atoms in total. The minimum atomic E-state index is -0.268. The van der Waals surface area contributed by atoms with Crippen LogP contribution in [0.15, 0.2) is 42.5 Å². The summed E-state index contributed by atoms with van der Waals surface area (Å²) in [4.78, 5) is 0. The van der Waals surface area contributed by atoms with Crippen molar-refractivity contribution in [2.45, 2.75) is 6.42 Å². The molecule has 0 unspecified atom stereocenters. The van der Waals surface area contributed by atoms with Crippen molar-refractivity contribution >= 4 is 29.3 Å². The summed E-state index contributed by atoms with van der Waals surface area (Å²) in [6.45, 7) is 0.371. The summed E-state index contributed by atoms with van der Waals surface area (Å²) in [6.07, 6.45) is 4.30. The van der Waals surface area contributed by atoms with E-state index in [0.29, 0.717) is 18.8 Å². The van der Waals surface area contributed by atoms with E-state index in [1.165, 1.54) is 24.3 Å². The highest BCUT2D eigenvalue weighted by Crippen LogP contribution is 2.36. The predicted octanol–water partition coefficient (Wildman–Crippen LogP) is 5.32. The van der Waals surface area contributed by atoms with Crippen LogP contribution in [0.2, 0.25) is 10.0 Å². The van der Waals surface area contributed by atoms with Crippen molar-refractivity contribution in [2.75, 3.05) is 6.61 Å². The van der Waals surface area contributed by atoms with Gasteiger partial charge in [0, 0.05) is 12.1 Å². The van der Waals surface area contributed by atoms with Gasteiger partial charge < -0.3 is 9.84 Å². The summed E-state index contributed by atoms with van der Waals surface area (Å²) >= 11 is 11.9. The average Bonchev–Trinajstić information content (AvgIpc) is 2.41. The number of benzene rings is 2. The van der Waals surface area contributed by atoms with E-state index in [2.05, 4.69) is 0 Å². The maximum atomic E-state index is 13.0. The summed E-state index contributed by atoms with van der Waals surface area (Å²) in [5.41, 5.74) is 0.788. The first-order chi connectivity index (χ1) is 10.1. The number of phenols is 1. The van der Waals surface area contributed by atoms with Crippen molar-refractivity contribution in [2.24, 2.45) is 0 Å². The lowest BCUT2D eigenvalue weighted by molar-refractivity contribution is 0.325. The molecular formula is C16H13Cl2FO2. The van der Waals surface area contributed by atoms with Gasteiger partial charge in [0.15, 0.2) is 5.75 Å². The number of ether oxygens (including phenoxy) is 1. The fourth-order valence-corrected chi connectivity index (χ4v) is 2.33. The molecule has 2 rings (SSSR count). The van der Waals surface area contributed by atoms with Crippen LogP contribution >= 0.6 is 23.2 Å². The summed E-state index contributed by atoms with van der Waals surface area (Å²) in [6, 6.07) is 9.05. The van der Waals surface area contributed by atoms with Crippen LogP contribution in [0.3, 0.4) is 0 Å². The molecule has 0 fully saturated rings. The lowest BCUT2D eigenvalue weighted by Gasteiger charge is -2.09. The highest BCUT2D eigenvalue weighted by Gasteiger charge is 2.08. The van der Waals surface area contributed by atoms with E-state index >= 15 is 0 Å². The van der Waals surface area contributed by atoms with E-state index in [1.54, 1.807) is 6.07 Å². The first-order valence-corrected chi connectivity index (χ1v) is 7.05. The van der Waals surface area contributed by atoms with Gasteiger partial charge in [-0.2, -0.15) is 0 Å². The van der Waals surface area contributed by atoms with E-state index in [4.69, 9.17) is 27.9 Å². The Morgan fingerprint density at radius 3 is 2.52 bits per heavy atom. The Bertz CT molecular complexity index is 633. The quantitative estimate of drug-likeness (QED) is 0.753. The van der Waals surface area contributed by atoms with Crippen molar-refractivity contribution < 1.29 is 14.2 Å². The summed E-state index contributed by atoms with van der Waals surface area (Å²) < 4.78 is 18.5. The Balaban J connectivity index is 1.88. The van der Waals surface area contributed by atoms with Gasteiger partial charge in [-0.05, 0) is 24.1 Å². The fourth-order valence-electron chi connectivity index (χ4n) is 1.74. The molecule has 21 heavy (non-hydrogen) atoms. The molecule has 0 amide bonds. The molecule has 110 valence electrons. The summed E-state index contributed by atoms with van der Waals surface area (Å²) in [5, 5.41) is 9.83. The zero-order chi connectivity index (χ0) is 15.2. The second kappa shape index (κ2) is 7.34. The van der Waals surface area contributed by atoms with Crippen LogP contribution in [-0.4, -0.2) is 11.7 Å². The number of phenolic OH excluding ortho intramolecular Hbond substituents is 1. The predicted molar refractivity (Wildman–Crippen MR) is 83.7 cm³/mol. The maximum Gasteiger partial charge on any atom is 0.156 e. The highest BCUT2D eigenvalue weighted by atomic mass is 35.5. The Morgan fingerprint density at radius 1 is 1.14 bits per heavy atom. The molecule has 0 bridgehead atoms. The average molecular weight is 327 g/mol. The molecule has 0 radical (unpaired) electrons. The van der Waals surface area contributed by atoms with Gasteiger partial charge in [-0.25, -0.2) is 4.39 Å². The topological polar surface area (TPSA) is 29.5 Å². The number of aromatic hydroxyl groups is 1. The van der Waals surface area contributed by atoms with Crippen molar-refractivity contribution in [3.63, 3.8) is 0 Å². The van der Waals surface area contributed by atoms with Crippen LogP contribution < -0.4 is 4.74 Å². The van der Waals surface area contributed by atoms with Crippen LogP contribution in [0.4, 0.5) is 4.39 Å². The molecule has 0 aliphatic carbocycles. The second-order valence-corrected chi connectivity index (χ2v) is 5.15. The van der Waals surface area contributed by atoms with Gasteiger partial charge in [0.25, 0.3) is 0 Å². The Hall–Kier alpha value is -1.71. The molecule has 5 heteroatoms. The SMILES string of the molecule is Oc1cc(Cl)c(OCCC=Cc2cccc(F)c2)c(Cl)c1. The van der Waals surface area contributed by atoms with Crippen LogP contribution in [-0.2, 0) is 0 Å². The molecule has 0 spiro atoms. The van der Waals surface area contributed by atoms with E-state index in [1.807, 2.05) is 18.2 Å². The summed E-state index contributed by atoms with van der Waals surface area (Å²) in [7, 11) is 0. The molecule has 0 aromatic heterocycles. The van der Waals surface area contributed by atoms with Gasteiger partial charge in [0.05, 0.1) is 16.7 Å². The molecular weight excluding hydrogens is 314 g/mol. The van der Waals surface area contributed by atoms with Crippen molar-refractivity contribution in [1.29, 1.82) is 0 Å². The van der Waals surface area contributed by atoms with E-state index in [0.717, 1.165) is 5.56 Å². The third-order valence-corrected chi connectivity index (χ3v) is 3.23. The number of rotatable bonds is 5. The minimum Gasteiger partial charge on any atom is -0.508 e. The normalized spacial score (nSPS) is 11.0. The van der Waals surface area contributed by atoms with Crippen LogP contribution in [0.1, 0.15) is 12.0 Å². The molecule has 0 saturated carbocycles. The van der Waals surface area contributed by atoms with E-state index in [9.17, 15) is 9.50 Å². The van der Waals surface area contributed by atoms with Gasteiger partial charge in [0.1, 0.15) is 11.6 Å². The van der Waals surface area contributed by atoms with Gasteiger partial charge >= 0.3 is 0 Å². The monoisotopic (exact) mass is 326 g/mol. The highest BCUT2D eigenvalue weighted by molar-refractivity contribution is 6.37. The van der Waals surface area contributed by atoms with E-state index in [-0.39, 0.29) is 21.6 Å². The van der Waals surface area contributed by atoms with E-state index < -0.39 is 0 Å². The third-order valence-electron chi connectivity index (χ3n) is 2.67. The zero-order valence-corrected chi connectivity index (χ0v) is 12.5. The molecule has 0 aliphatic heterocycles. The molecule has 1 N–H and O–H groups in total. The number of hydrogen-bond acceptors (Lipinski definition) is 2. The summed E-state index contributed by atoms with van der Waals surface area (Å²) in [5.74, 6) is 0.0645. The molecule has 0 saturated heterocycles. The molecule has 0 heterocycles. The number of halogens is 3. The van der Waals surface area contributed by atoms with Gasteiger partial charge in [0.2, 0.25) is 0 Å². The molecule has 0 aliphatic rings. The molecule has 2 aromatic rings. The second-order valence-electron chi connectivity index (χ2n) is 4.33.